The fraction of sp³-hybridized carbons (Fsp3) is 0.417. The van der Waals surface area contributed by atoms with E-state index in [0.717, 1.165) is 4.31 Å². The lowest BCUT2D eigenvalue weighted by atomic mass is 10.2. The normalized spacial score (nSPS) is 23.9. The lowest BCUT2D eigenvalue weighted by Crippen LogP contribution is -2.40. The van der Waals surface area contributed by atoms with Crippen LogP contribution in [0.5, 0.6) is 0 Å². The van der Waals surface area contributed by atoms with Gasteiger partial charge in [-0.3, -0.25) is 4.79 Å². The molecule has 1 saturated heterocycles. The second-order valence-electron chi connectivity index (χ2n) is 4.73. The van der Waals surface area contributed by atoms with Crippen molar-refractivity contribution in [1.29, 1.82) is 0 Å². The highest BCUT2D eigenvalue weighted by atomic mass is 35.5. The zero-order valence-electron chi connectivity index (χ0n) is 10.7. The zero-order chi connectivity index (χ0) is 15.1. The SMILES string of the molecule is Cc1ccc(Cl)cc1S(=O)(=O)N1C[C@H](O)C[C@H]1C(=O)O. The third-order valence-electron chi connectivity index (χ3n) is 3.26. The lowest BCUT2D eigenvalue weighted by Gasteiger charge is -2.21. The Balaban J connectivity index is 2.49. The maximum atomic E-state index is 12.6. The minimum atomic E-state index is -4.01. The van der Waals surface area contributed by atoms with Crippen LogP contribution in [-0.4, -0.2) is 47.6 Å². The fourth-order valence-electron chi connectivity index (χ4n) is 2.25. The van der Waals surface area contributed by atoms with Crippen LogP contribution in [0.4, 0.5) is 0 Å². The van der Waals surface area contributed by atoms with E-state index in [4.69, 9.17) is 16.7 Å². The summed E-state index contributed by atoms with van der Waals surface area (Å²) in [6, 6.07) is 3.14. The van der Waals surface area contributed by atoms with Crippen LogP contribution in [0.1, 0.15) is 12.0 Å². The number of aryl methyl sites for hydroxylation is 1. The maximum absolute atomic E-state index is 12.6. The summed E-state index contributed by atoms with van der Waals surface area (Å²) in [6.45, 7) is 1.37. The molecule has 0 aliphatic carbocycles. The van der Waals surface area contributed by atoms with Crippen molar-refractivity contribution in [2.24, 2.45) is 0 Å². The molecule has 8 heteroatoms. The number of rotatable bonds is 3. The Morgan fingerprint density at radius 3 is 2.70 bits per heavy atom. The Kier molecular flexibility index (Phi) is 4.06. The average molecular weight is 320 g/mol. The highest BCUT2D eigenvalue weighted by molar-refractivity contribution is 7.89. The van der Waals surface area contributed by atoms with Crippen molar-refractivity contribution >= 4 is 27.6 Å². The van der Waals surface area contributed by atoms with E-state index in [-0.39, 0.29) is 22.9 Å². The van der Waals surface area contributed by atoms with E-state index in [1.54, 1.807) is 19.1 Å². The first-order chi connectivity index (χ1) is 9.23. The van der Waals surface area contributed by atoms with Crippen LogP contribution < -0.4 is 0 Å². The number of carboxylic acids is 1. The molecule has 0 radical (unpaired) electrons. The Hall–Kier alpha value is -1.15. The molecule has 6 nitrogen and oxygen atoms in total. The molecule has 1 heterocycles. The van der Waals surface area contributed by atoms with Gasteiger partial charge in [-0.1, -0.05) is 17.7 Å². The first-order valence-electron chi connectivity index (χ1n) is 5.92. The number of carboxylic acid groups (broad SMARTS) is 1. The van der Waals surface area contributed by atoms with Crippen molar-refractivity contribution in [2.75, 3.05) is 6.54 Å². The molecular weight excluding hydrogens is 306 g/mol. The molecule has 0 amide bonds. The molecule has 110 valence electrons. The van der Waals surface area contributed by atoms with Gasteiger partial charge in [0, 0.05) is 18.0 Å². The van der Waals surface area contributed by atoms with Gasteiger partial charge in [0.1, 0.15) is 6.04 Å². The summed E-state index contributed by atoms with van der Waals surface area (Å²) in [5.74, 6) is -1.27. The monoisotopic (exact) mass is 319 g/mol. The minimum Gasteiger partial charge on any atom is -0.480 e. The standard InChI is InChI=1S/C12H14ClNO5S/c1-7-2-3-8(13)4-11(7)20(18,19)14-6-9(15)5-10(14)12(16)17/h2-4,9-10,15H,5-6H2,1H3,(H,16,17)/t9-,10+/m1/s1. The lowest BCUT2D eigenvalue weighted by molar-refractivity contribution is -0.140. The van der Waals surface area contributed by atoms with Crippen molar-refractivity contribution in [3.63, 3.8) is 0 Å². The third kappa shape index (κ3) is 2.67. The number of halogens is 1. The molecule has 1 fully saturated rings. The summed E-state index contributed by atoms with van der Waals surface area (Å²) in [7, 11) is -4.01. The van der Waals surface area contributed by atoms with E-state index in [9.17, 15) is 18.3 Å². The summed E-state index contributed by atoms with van der Waals surface area (Å²) in [4.78, 5) is 11.1. The van der Waals surface area contributed by atoms with Crippen molar-refractivity contribution in [1.82, 2.24) is 4.31 Å². The predicted molar refractivity (Wildman–Crippen MR) is 72.1 cm³/mol. The largest absolute Gasteiger partial charge is 0.480 e. The van der Waals surface area contributed by atoms with Crippen LogP contribution in [0, 0.1) is 6.92 Å². The smallest absolute Gasteiger partial charge is 0.322 e. The van der Waals surface area contributed by atoms with Crippen molar-refractivity contribution in [2.45, 2.75) is 30.4 Å². The molecule has 0 bridgehead atoms. The first kappa shape index (κ1) is 15.2. The second-order valence-corrected chi connectivity index (χ2v) is 7.02. The van der Waals surface area contributed by atoms with Crippen LogP contribution in [-0.2, 0) is 14.8 Å². The molecule has 20 heavy (non-hydrogen) atoms. The molecule has 0 unspecified atom stereocenters. The molecule has 2 rings (SSSR count). The number of hydrogen-bond donors (Lipinski definition) is 2. The Labute approximate surface area is 121 Å². The van der Waals surface area contributed by atoms with Crippen LogP contribution >= 0.6 is 11.6 Å². The van der Waals surface area contributed by atoms with Crippen molar-refractivity contribution in [3.05, 3.63) is 28.8 Å². The predicted octanol–water partition coefficient (Wildman–Crippen LogP) is 0.857. The molecule has 0 aromatic heterocycles. The van der Waals surface area contributed by atoms with Crippen LogP contribution in [0.15, 0.2) is 23.1 Å². The van der Waals surface area contributed by atoms with Crippen molar-refractivity contribution < 1.29 is 23.4 Å². The maximum Gasteiger partial charge on any atom is 0.322 e. The van der Waals surface area contributed by atoms with E-state index in [1.165, 1.54) is 6.07 Å². The summed E-state index contributed by atoms with van der Waals surface area (Å²) in [5.41, 5.74) is 0.472. The number of β-amino-alcohol motifs (C(OH)–C–C–N with tert-alkyl or cyclic N) is 1. The van der Waals surface area contributed by atoms with Gasteiger partial charge in [0.15, 0.2) is 0 Å². The Morgan fingerprint density at radius 1 is 1.45 bits per heavy atom. The molecule has 0 saturated carbocycles. The van der Waals surface area contributed by atoms with E-state index >= 15 is 0 Å². The first-order valence-corrected chi connectivity index (χ1v) is 7.74. The highest BCUT2D eigenvalue weighted by Crippen LogP contribution is 2.29. The number of aliphatic carboxylic acids is 1. The molecular formula is C12H14ClNO5S. The van der Waals surface area contributed by atoms with Gasteiger partial charge in [-0.15, -0.1) is 0 Å². The molecule has 2 N–H and O–H groups in total. The van der Waals surface area contributed by atoms with E-state index in [0.29, 0.717) is 5.56 Å². The van der Waals surface area contributed by atoms with E-state index in [2.05, 4.69) is 0 Å². The Bertz CT molecular complexity index is 645. The van der Waals surface area contributed by atoms with Crippen molar-refractivity contribution in [3.8, 4) is 0 Å². The van der Waals surface area contributed by atoms with Crippen LogP contribution in [0.2, 0.25) is 5.02 Å². The van der Waals surface area contributed by atoms with Gasteiger partial charge in [-0.2, -0.15) is 4.31 Å². The number of nitrogens with zero attached hydrogens (tertiary/aromatic N) is 1. The Morgan fingerprint density at radius 2 is 2.10 bits per heavy atom. The quantitative estimate of drug-likeness (QED) is 0.861. The number of sulfonamides is 1. The van der Waals surface area contributed by atoms with Gasteiger partial charge in [0.2, 0.25) is 10.0 Å². The van der Waals surface area contributed by atoms with Gasteiger partial charge in [-0.05, 0) is 24.6 Å². The summed E-state index contributed by atoms with van der Waals surface area (Å²) in [6.07, 6.45) is -1.10. The summed E-state index contributed by atoms with van der Waals surface area (Å²) < 4.78 is 25.9. The zero-order valence-corrected chi connectivity index (χ0v) is 12.2. The summed E-state index contributed by atoms with van der Waals surface area (Å²) in [5, 5.41) is 18.9. The van der Waals surface area contributed by atoms with Gasteiger partial charge in [0.05, 0.1) is 11.0 Å². The molecule has 0 spiro atoms. The molecule has 2 atom stereocenters. The number of carbonyl (C=O) groups is 1. The average Bonchev–Trinajstić information content (AvgIpc) is 2.75. The number of aliphatic hydroxyl groups excluding tert-OH is 1. The topological polar surface area (TPSA) is 94.9 Å². The van der Waals surface area contributed by atoms with Gasteiger partial charge >= 0.3 is 5.97 Å². The fourth-order valence-corrected chi connectivity index (χ4v) is 4.37. The molecule has 1 aromatic rings. The van der Waals surface area contributed by atoms with Gasteiger partial charge in [0.25, 0.3) is 0 Å². The molecule has 1 aliphatic heterocycles. The van der Waals surface area contributed by atoms with Crippen LogP contribution in [0.3, 0.4) is 0 Å². The summed E-state index contributed by atoms with van der Waals surface area (Å²) >= 11 is 5.81. The third-order valence-corrected chi connectivity index (χ3v) is 5.51. The number of aliphatic hydroxyl groups is 1. The molecule has 1 aromatic carbocycles. The second kappa shape index (κ2) is 5.33. The minimum absolute atomic E-state index is 0.0367. The van der Waals surface area contributed by atoms with E-state index < -0.39 is 28.1 Å². The highest BCUT2D eigenvalue weighted by Gasteiger charge is 2.43. The number of benzene rings is 1. The van der Waals surface area contributed by atoms with Crippen LogP contribution in [0.25, 0.3) is 0 Å². The van der Waals surface area contributed by atoms with Gasteiger partial charge < -0.3 is 10.2 Å². The van der Waals surface area contributed by atoms with E-state index in [1.807, 2.05) is 0 Å². The molecule has 1 aliphatic rings. The van der Waals surface area contributed by atoms with Gasteiger partial charge in [-0.25, -0.2) is 8.42 Å². The number of hydrogen-bond acceptors (Lipinski definition) is 4.